The Balaban J connectivity index is 2.24. The Kier molecular flexibility index (Phi) is 2.68. The molecule has 0 radical (unpaired) electrons. The Morgan fingerprint density at radius 3 is 2.87 bits per heavy atom. The number of benzene rings is 1. The molecule has 0 atom stereocenters. The Labute approximate surface area is 90.1 Å². The predicted molar refractivity (Wildman–Crippen MR) is 56.9 cm³/mol. The minimum absolute atomic E-state index is 0.224. The third-order valence-electron chi connectivity index (χ3n) is 1.77. The summed E-state index contributed by atoms with van der Waals surface area (Å²) in [5, 5.41) is 25.0. The van der Waals surface area contributed by atoms with E-state index < -0.39 is 0 Å². The summed E-state index contributed by atoms with van der Waals surface area (Å²) in [4.78, 5) is 0. The van der Waals surface area contributed by atoms with Crippen LogP contribution in [0, 0.1) is 6.92 Å². The summed E-state index contributed by atoms with van der Waals surface area (Å²) in [6, 6.07) is 4.91. The van der Waals surface area contributed by atoms with Crippen molar-refractivity contribution in [2.24, 2.45) is 10.2 Å². The van der Waals surface area contributed by atoms with Crippen LogP contribution in [0.15, 0.2) is 33.9 Å². The topological polar surface area (TPSA) is 70.7 Å². The lowest BCUT2D eigenvalue weighted by atomic mass is 10.2. The summed E-state index contributed by atoms with van der Waals surface area (Å²) in [6.07, 6.45) is 0. The number of rotatable bonds is 2. The lowest BCUT2D eigenvalue weighted by Crippen LogP contribution is -1.73. The van der Waals surface area contributed by atoms with Crippen LogP contribution in [-0.2, 0) is 0 Å². The highest BCUT2D eigenvalue weighted by molar-refractivity contribution is 7.13. The standard InChI is InChI=1S/C9H8N4OS/c1-6-4-7(14)2-3-8(6)11-13-9-12-10-5-15-9/h2-5,14H,1H3. The minimum Gasteiger partial charge on any atom is -0.508 e. The van der Waals surface area contributed by atoms with Crippen LogP contribution in [-0.4, -0.2) is 15.3 Å². The van der Waals surface area contributed by atoms with Crippen LogP contribution >= 0.6 is 11.3 Å². The van der Waals surface area contributed by atoms with Gasteiger partial charge in [0, 0.05) is 0 Å². The molecule has 15 heavy (non-hydrogen) atoms. The van der Waals surface area contributed by atoms with Crippen LogP contribution in [0.25, 0.3) is 0 Å². The third-order valence-corrected chi connectivity index (χ3v) is 2.35. The quantitative estimate of drug-likeness (QED) is 0.791. The van der Waals surface area contributed by atoms with Crippen LogP contribution in [0.1, 0.15) is 5.56 Å². The molecule has 0 aliphatic heterocycles. The molecule has 76 valence electrons. The second-order valence-corrected chi connectivity index (χ2v) is 3.70. The average molecular weight is 220 g/mol. The van der Waals surface area contributed by atoms with Crippen LogP contribution < -0.4 is 0 Å². The molecule has 5 nitrogen and oxygen atoms in total. The zero-order valence-corrected chi connectivity index (χ0v) is 8.77. The number of nitrogens with zero attached hydrogens (tertiary/aromatic N) is 4. The summed E-state index contributed by atoms with van der Waals surface area (Å²) in [5.74, 6) is 0.224. The van der Waals surface area contributed by atoms with E-state index in [0.29, 0.717) is 10.8 Å². The van der Waals surface area contributed by atoms with E-state index in [0.717, 1.165) is 5.56 Å². The van der Waals surface area contributed by atoms with Crippen molar-refractivity contribution in [3.8, 4) is 5.75 Å². The van der Waals surface area contributed by atoms with Gasteiger partial charge in [-0.25, -0.2) is 0 Å². The van der Waals surface area contributed by atoms with Crippen molar-refractivity contribution in [2.75, 3.05) is 0 Å². The van der Waals surface area contributed by atoms with E-state index in [9.17, 15) is 5.11 Å². The van der Waals surface area contributed by atoms with Crippen LogP contribution in [0.3, 0.4) is 0 Å². The summed E-state index contributed by atoms with van der Waals surface area (Å²) < 4.78 is 0. The van der Waals surface area contributed by atoms with Gasteiger partial charge in [0.05, 0.1) is 5.69 Å². The number of hydrogen-bond donors (Lipinski definition) is 1. The lowest BCUT2D eigenvalue weighted by molar-refractivity contribution is 0.475. The number of aromatic nitrogens is 2. The summed E-state index contributed by atoms with van der Waals surface area (Å²) in [5.41, 5.74) is 3.17. The zero-order chi connectivity index (χ0) is 10.7. The Hall–Kier alpha value is -1.82. The second kappa shape index (κ2) is 4.14. The Bertz CT molecular complexity index is 481. The maximum Gasteiger partial charge on any atom is 0.251 e. The van der Waals surface area contributed by atoms with E-state index in [1.54, 1.807) is 23.7 Å². The molecule has 1 aromatic heterocycles. The van der Waals surface area contributed by atoms with Crippen molar-refractivity contribution in [1.29, 1.82) is 0 Å². The molecule has 0 aliphatic carbocycles. The lowest BCUT2D eigenvalue weighted by Gasteiger charge is -1.97. The molecular weight excluding hydrogens is 212 g/mol. The van der Waals surface area contributed by atoms with E-state index >= 15 is 0 Å². The maximum absolute atomic E-state index is 9.20. The van der Waals surface area contributed by atoms with Crippen molar-refractivity contribution in [3.05, 3.63) is 29.3 Å². The van der Waals surface area contributed by atoms with Gasteiger partial charge in [-0.2, -0.15) is 0 Å². The summed E-state index contributed by atoms with van der Waals surface area (Å²) in [7, 11) is 0. The van der Waals surface area contributed by atoms with Gasteiger partial charge < -0.3 is 5.11 Å². The van der Waals surface area contributed by atoms with Crippen LogP contribution in [0.5, 0.6) is 5.75 Å². The van der Waals surface area contributed by atoms with E-state index in [1.165, 1.54) is 11.3 Å². The van der Waals surface area contributed by atoms with Gasteiger partial charge >= 0.3 is 0 Å². The molecular formula is C9H8N4OS. The van der Waals surface area contributed by atoms with Crippen molar-refractivity contribution < 1.29 is 5.11 Å². The van der Waals surface area contributed by atoms with Crippen LogP contribution in [0.2, 0.25) is 0 Å². The first-order valence-corrected chi connectivity index (χ1v) is 5.11. The van der Waals surface area contributed by atoms with Gasteiger partial charge in [-0.3, -0.25) is 0 Å². The monoisotopic (exact) mass is 220 g/mol. The number of hydrogen-bond acceptors (Lipinski definition) is 6. The van der Waals surface area contributed by atoms with E-state index in [4.69, 9.17) is 0 Å². The van der Waals surface area contributed by atoms with Gasteiger partial charge in [-0.15, -0.1) is 20.4 Å². The van der Waals surface area contributed by atoms with Gasteiger partial charge in [0.1, 0.15) is 11.3 Å². The summed E-state index contributed by atoms with van der Waals surface area (Å²) in [6.45, 7) is 1.86. The highest BCUT2D eigenvalue weighted by Gasteiger charge is 1.98. The molecule has 0 amide bonds. The maximum atomic E-state index is 9.20. The van der Waals surface area contributed by atoms with Gasteiger partial charge in [0.25, 0.3) is 5.13 Å². The van der Waals surface area contributed by atoms with Gasteiger partial charge in [0.2, 0.25) is 0 Å². The molecule has 0 saturated carbocycles. The van der Waals surface area contributed by atoms with Crippen molar-refractivity contribution in [3.63, 3.8) is 0 Å². The largest absolute Gasteiger partial charge is 0.508 e. The fraction of sp³-hybridized carbons (Fsp3) is 0.111. The molecule has 6 heteroatoms. The fourth-order valence-electron chi connectivity index (χ4n) is 1.06. The molecule has 0 bridgehead atoms. The number of aromatic hydroxyl groups is 1. The Morgan fingerprint density at radius 1 is 1.33 bits per heavy atom. The van der Waals surface area contributed by atoms with Gasteiger partial charge in [-0.1, -0.05) is 11.3 Å². The van der Waals surface area contributed by atoms with Crippen LogP contribution in [0.4, 0.5) is 10.8 Å². The molecule has 0 aliphatic rings. The molecule has 1 aromatic carbocycles. The second-order valence-electron chi connectivity index (χ2n) is 2.89. The molecule has 0 spiro atoms. The molecule has 0 unspecified atom stereocenters. The van der Waals surface area contributed by atoms with E-state index in [2.05, 4.69) is 20.4 Å². The summed E-state index contributed by atoms with van der Waals surface area (Å²) >= 11 is 1.32. The van der Waals surface area contributed by atoms with Crippen molar-refractivity contribution in [2.45, 2.75) is 6.92 Å². The molecule has 2 aromatic rings. The fourth-order valence-corrected chi connectivity index (χ4v) is 1.43. The highest BCUT2D eigenvalue weighted by Crippen LogP contribution is 2.25. The SMILES string of the molecule is Cc1cc(O)ccc1N=Nc1nncs1. The smallest absolute Gasteiger partial charge is 0.251 e. The predicted octanol–water partition coefficient (Wildman–Crippen LogP) is 2.97. The van der Waals surface area contributed by atoms with Gasteiger partial charge in [0.15, 0.2) is 0 Å². The van der Waals surface area contributed by atoms with Crippen molar-refractivity contribution >= 4 is 22.2 Å². The molecule has 2 rings (SSSR count). The molecule has 0 fully saturated rings. The van der Waals surface area contributed by atoms with E-state index in [1.807, 2.05) is 6.92 Å². The highest BCUT2D eigenvalue weighted by atomic mass is 32.1. The normalized spacial score (nSPS) is 11.0. The van der Waals surface area contributed by atoms with E-state index in [-0.39, 0.29) is 5.75 Å². The number of aryl methyl sites for hydroxylation is 1. The Morgan fingerprint density at radius 2 is 2.20 bits per heavy atom. The first-order valence-electron chi connectivity index (χ1n) is 4.23. The first-order chi connectivity index (χ1) is 7.25. The molecule has 1 N–H and O–H groups in total. The first kappa shape index (κ1) is 9.72. The molecule has 1 heterocycles. The number of phenols is 1. The number of azo groups is 1. The third kappa shape index (κ3) is 2.35. The molecule has 0 saturated heterocycles. The van der Waals surface area contributed by atoms with Crippen molar-refractivity contribution in [1.82, 2.24) is 10.2 Å². The minimum atomic E-state index is 0.224. The van der Waals surface area contributed by atoms with Gasteiger partial charge in [-0.05, 0) is 30.7 Å². The zero-order valence-electron chi connectivity index (χ0n) is 7.95. The average Bonchev–Trinajstić information content (AvgIpc) is 2.69. The number of phenolic OH excluding ortho intramolecular Hbond substituents is 1.